The van der Waals surface area contributed by atoms with Crippen molar-refractivity contribution in [2.24, 2.45) is 0 Å². The number of benzene rings is 2. The molecule has 5 nitrogen and oxygen atoms in total. The van der Waals surface area contributed by atoms with E-state index in [2.05, 4.69) is 0 Å². The van der Waals surface area contributed by atoms with Gasteiger partial charge >= 0.3 is 11.9 Å². The van der Waals surface area contributed by atoms with Gasteiger partial charge in [0.2, 0.25) is 0 Å². The van der Waals surface area contributed by atoms with Crippen molar-refractivity contribution < 1.29 is 23.5 Å². The number of allylic oxidation sites excluding steroid dienone is 2. The first-order chi connectivity index (χ1) is 14.6. The van der Waals surface area contributed by atoms with Gasteiger partial charge < -0.3 is 14.4 Å². The fraction of sp³-hybridized carbons (Fsp3) is 0.130. The summed E-state index contributed by atoms with van der Waals surface area (Å²) >= 11 is 1.42. The van der Waals surface area contributed by atoms with Gasteiger partial charge in [-0.2, -0.15) is 0 Å². The normalized spacial score (nSPS) is 13.2. The van der Waals surface area contributed by atoms with Crippen LogP contribution in [0.15, 0.2) is 89.1 Å². The van der Waals surface area contributed by atoms with Crippen LogP contribution in [0.25, 0.3) is 0 Å². The van der Waals surface area contributed by atoms with Gasteiger partial charge in [-0.05, 0) is 35.9 Å². The Balaban J connectivity index is 2.04. The van der Waals surface area contributed by atoms with E-state index in [0.717, 1.165) is 4.90 Å². The summed E-state index contributed by atoms with van der Waals surface area (Å²) in [6.45, 7) is 0. The molecule has 0 fully saturated rings. The summed E-state index contributed by atoms with van der Waals surface area (Å²) in [4.78, 5) is 27.3. The average Bonchev–Trinajstić information content (AvgIpc) is 3.00. The molecule has 0 atom stereocenters. The number of methoxy groups -OCH3 is 2. The fourth-order valence-electron chi connectivity index (χ4n) is 2.90. The number of carbonyl (C=O) groups excluding carboxylic acids is 2. The molecule has 7 heteroatoms. The number of nitrogens with zero attached hydrogens (tertiary/aromatic N) is 1. The molecule has 0 aromatic heterocycles. The number of carbonyl (C=O) groups is 2. The van der Waals surface area contributed by atoms with E-state index in [-0.39, 0.29) is 17.1 Å². The van der Waals surface area contributed by atoms with E-state index in [4.69, 9.17) is 9.47 Å². The molecule has 0 unspecified atom stereocenters. The number of rotatable bonds is 6. The minimum atomic E-state index is -0.680. The Labute approximate surface area is 178 Å². The first-order valence-corrected chi connectivity index (χ1v) is 10.1. The number of hydrogen-bond acceptors (Lipinski definition) is 6. The second-order valence-corrected chi connectivity index (χ2v) is 7.18. The molecule has 0 spiro atoms. The van der Waals surface area contributed by atoms with Gasteiger partial charge in [0.25, 0.3) is 0 Å². The Morgan fingerprint density at radius 3 is 2.40 bits per heavy atom. The minimum absolute atomic E-state index is 0.0355. The summed E-state index contributed by atoms with van der Waals surface area (Å²) in [7, 11) is 2.50. The lowest BCUT2D eigenvalue weighted by molar-refractivity contribution is -0.139. The Hall–Kier alpha value is -3.32. The predicted octanol–water partition coefficient (Wildman–Crippen LogP) is 4.61. The van der Waals surface area contributed by atoms with Crippen molar-refractivity contribution in [3.05, 3.63) is 95.6 Å². The highest BCUT2D eigenvalue weighted by Crippen LogP contribution is 2.36. The molecule has 0 saturated heterocycles. The van der Waals surface area contributed by atoms with Gasteiger partial charge in [0.1, 0.15) is 11.5 Å². The Bertz CT molecular complexity index is 1050. The molecule has 1 aliphatic rings. The number of para-hydroxylation sites is 1. The van der Waals surface area contributed by atoms with Crippen molar-refractivity contribution >= 4 is 29.4 Å². The van der Waals surface area contributed by atoms with Gasteiger partial charge in [-0.3, -0.25) is 0 Å². The van der Waals surface area contributed by atoms with E-state index < -0.39 is 11.9 Å². The summed E-state index contributed by atoms with van der Waals surface area (Å²) in [6.07, 6.45) is 6.52. The molecule has 154 valence electrons. The molecule has 2 aromatic rings. The van der Waals surface area contributed by atoms with Crippen LogP contribution < -0.4 is 4.90 Å². The summed E-state index contributed by atoms with van der Waals surface area (Å²) in [5.74, 6) is -1.21. The van der Waals surface area contributed by atoms with Crippen molar-refractivity contribution in [1.29, 1.82) is 0 Å². The third-order valence-electron chi connectivity index (χ3n) is 4.36. The van der Waals surface area contributed by atoms with E-state index >= 15 is 0 Å². The number of esters is 2. The molecule has 0 aliphatic carbocycles. The van der Waals surface area contributed by atoms with Crippen molar-refractivity contribution in [2.45, 2.75) is 10.6 Å². The molecule has 30 heavy (non-hydrogen) atoms. The van der Waals surface area contributed by atoms with E-state index in [1.54, 1.807) is 41.5 Å². The molecule has 0 bridgehead atoms. The summed E-state index contributed by atoms with van der Waals surface area (Å²) < 4.78 is 23.8. The van der Waals surface area contributed by atoms with E-state index in [1.165, 1.54) is 38.1 Å². The molecule has 0 amide bonds. The Kier molecular flexibility index (Phi) is 7.08. The predicted molar refractivity (Wildman–Crippen MR) is 114 cm³/mol. The zero-order chi connectivity index (χ0) is 21.5. The molecule has 0 radical (unpaired) electrons. The van der Waals surface area contributed by atoms with Crippen LogP contribution in [-0.4, -0.2) is 26.2 Å². The maximum Gasteiger partial charge on any atom is 0.355 e. The van der Waals surface area contributed by atoms with Crippen molar-refractivity contribution in [3.63, 3.8) is 0 Å². The largest absolute Gasteiger partial charge is 0.465 e. The quantitative estimate of drug-likeness (QED) is 0.498. The Morgan fingerprint density at radius 2 is 1.67 bits per heavy atom. The third-order valence-corrected chi connectivity index (χ3v) is 5.47. The lowest BCUT2D eigenvalue weighted by atomic mass is 10.1. The summed E-state index contributed by atoms with van der Waals surface area (Å²) in [5.41, 5.74) is 1.33. The van der Waals surface area contributed by atoms with Crippen molar-refractivity contribution in [2.75, 3.05) is 19.1 Å². The molecule has 3 rings (SSSR count). The molecule has 1 aliphatic heterocycles. The van der Waals surface area contributed by atoms with Crippen molar-refractivity contribution in [1.82, 2.24) is 0 Å². The smallest absolute Gasteiger partial charge is 0.355 e. The van der Waals surface area contributed by atoms with Crippen LogP contribution in [0, 0.1) is 5.82 Å². The lowest BCUT2D eigenvalue weighted by Gasteiger charge is -2.25. The monoisotopic (exact) mass is 425 g/mol. The highest BCUT2D eigenvalue weighted by Gasteiger charge is 2.28. The van der Waals surface area contributed by atoms with Crippen LogP contribution >= 0.6 is 11.8 Å². The van der Waals surface area contributed by atoms with Gasteiger partial charge in [-0.25, -0.2) is 14.0 Å². The number of halogens is 1. The molecule has 1 heterocycles. The van der Waals surface area contributed by atoms with E-state index in [1.807, 2.05) is 24.3 Å². The molecule has 0 saturated carbocycles. The van der Waals surface area contributed by atoms with Gasteiger partial charge in [0.05, 0.1) is 25.5 Å². The molecular weight excluding hydrogens is 405 g/mol. The van der Waals surface area contributed by atoms with Gasteiger partial charge in [0, 0.05) is 16.8 Å². The van der Waals surface area contributed by atoms with Crippen LogP contribution in [0.3, 0.4) is 0 Å². The van der Waals surface area contributed by atoms with Crippen molar-refractivity contribution in [3.8, 4) is 0 Å². The van der Waals surface area contributed by atoms with Crippen LogP contribution in [0.2, 0.25) is 0 Å². The highest BCUT2D eigenvalue weighted by atomic mass is 32.2. The summed E-state index contributed by atoms with van der Waals surface area (Å²) in [5, 5.41) is 0. The second-order valence-electron chi connectivity index (χ2n) is 6.16. The Morgan fingerprint density at radius 1 is 0.967 bits per heavy atom. The third kappa shape index (κ3) is 4.63. The minimum Gasteiger partial charge on any atom is -0.465 e. The second kappa shape index (κ2) is 9.93. The molecular formula is C23H20FNO4S. The first kappa shape index (κ1) is 21.4. The standard InChI is InChI=1S/C23H20FNO4S/c1-28-22(26)17-10-7-8-14-25(21(17)23(27)29-2)19-12-5-6-13-20(19)30-15-16-9-3-4-11-18(16)24/h3-14H,15H2,1-2H3. The number of hydrogen-bond donors (Lipinski definition) is 0. The van der Waals surface area contributed by atoms with Crippen LogP contribution in [0.4, 0.5) is 10.1 Å². The number of ether oxygens (including phenoxy) is 2. The highest BCUT2D eigenvalue weighted by molar-refractivity contribution is 7.98. The van der Waals surface area contributed by atoms with Crippen LogP contribution in [0.5, 0.6) is 0 Å². The number of thioether (sulfide) groups is 1. The van der Waals surface area contributed by atoms with E-state index in [0.29, 0.717) is 17.0 Å². The fourth-order valence-corrected chi connectivity index (χ4v) is 3.93. The first-order valence-electron chi connectivity index (χ1n) is 9.07. The van der Waals surface area contributed by atoms with Gasteiger partial charge in [-0.15, -0.1) is 11.8 Å². The van der Waals surface area contributed by atoms with Gasteiger partial charge in [-0.1, -0.05) is 36.4 Å². The molecule has 0 N–H and O–H groups in total. The number of anilines is 1. The van der Waals surface area contributed by atoms with E-state index in [9.17, 15) is 14.0 Å². The maximum absolute atomic E-state index is 14.0. The zero-order valence-corrected chi connectivity index (χ0v) is 17.3. The maximum atomic E-state index is 14.0. The zero-order valence-electron chi connectivity index (χ0n) is 16.5. The van der Waals surface area contributed by atoms with Crippen LogP contribution in [0.1, 0.15) is 5.56 Å². The van der Waals surface area contributed by atoms with Gasteiger partial charge in [0.15, 0.2) is 0 Å². The SMILES string of the molecule is COC(=O)C1=C(C(=O)OC)N(c2ccccc2SCc2ccccc2F)C=CC=C1. The lowest BCUT2D eigenvalue weighted by Crippen LogP contribution is -2.27. The average molecular weight is 425 g/mol. The van der Waals surface area contributed by atoms with Crippen LogP contribution in [-0.2, 0) is 24.8 Å². The topological polar surface area (TPSA) is 55.8 Å². The summed E-state index contributed by atoms with van der Waals surface area (Å²) in [6, 6.07) is 14.0. The molecule has 2 aromatic carbocycles.